The molecule has 0 atom stereocenters. The molecule has 1 aliphatic carbocycles. The van der Waals surface area contributed by atoms with E-state index in [0.29, 0.717) is 0 Å². The Labute approximate surface area is 87.7 Å². The van der Waals surface area contributed by atoms with Crippen LogP contribution in [0.25, 0.3) is 0 Å². The first-order chi connectivity index (χ1) is 6.76. The largest absolute Gasteiger partial charge is 0.393 e. The number of ether oxygens (including phenoxy) is 1. The average molecular weight is 200 g/mol. The maximum absolute atomic E-state index is 9.40. The highest BCUT2D eigenvalue weighted by atomic mass is 16.5. The second-order valence-electron chi connectivity index (χ2n) is 4.54. The molecule has 0 heterocycles. The molecule has 0 bridgehead atoms. The van der Waals surface area contributed by atoms with Gasteiger partial charge in [0.25, 0.3) is 0 Å². The third-order valence-corrected chi connectivity index (χ3v) is 3.49. The molecule has 1 fully saturated rings. The molecule has 2 nitrogen and oxygen atoms in total. The molecule has 0 aromatic rings. The minimum absolute atomic E-state index is 0.193. The molecule has 0 aromatic heterocycles. The van der Waals surface area contributed by atoms with Gasteiger partial charge in [-0.3, -0.25) is 0 Å². The molecule has 1 rings (SSSR count). The number of hydrogen-bond donors (Lipinski definition) is 1. The third-order valence-electron chi connectivity index (χ3n) is 3.49. The van der Waals surface area contributed by atoms with Crippen molar-refractivity contribution in [2.45, 2.75) is 58.0 Å². The fraction of sp³-hybridized carbons (Fsp3) is 1.00. The molecule has 14 heavy (non-hydrogen) atoms. The van der Waals surface area contributed by atoms with Crippen molar-refractivity contribution in [2.75, 3.05) is 13.2 Å². The summed E-state index contributed by atoms with van der Waals surface area (Å²) in [5.41, 5.74) is -0.193. The van der Waals surface area contributed by atoms with E-state index in [1.54, 1.807) is 0 Å². The monoisotopic (exact) mass is 200 g/mol. The zero-order valence-electron chi connectivity index (χ0n) is 9.59. The van der Waals surface area contributed by atoms with Crippen LogP contribution in [0.2, 0.25) is 0 Å². The SMILES string of the molecule is CCCOC1(CO)CCC(CC)CC1. The molecule has 1 aliphatic rings. The predicted octanol–water partition coefficient (Wildman–Crippen LogP) is 2.74. The van der Waals surface area contributed by atoms with E-state index in [2.05, 4.69) is 13.8 Å². The van der Waals surface area contributed by atoms with Crippen LogP contribution in [0.1, 0.15) is 52.4 Å². The Morgan fingerprint density at radius 2 is 1.93 bits per heavy atom. The molecule has 0 radical (unpaired) electrons. The maximum Gasteiger partial charge on any atom is 0.0912 e. The molecule has 0 spiro atoms. The molecule has 0 unspecified atom stereocenters. The van der Waals surface area contributed by atoms with Gasteiger partial charge in [0.2, 0.25) is 0 Å². The highest BCUT2D eigenvalue weighted by Gasteiger charge is 2.34. The molecule has 84 valence electrons. The Bertz CT molecular complexity index is 148. The van der Waals surface area contributed by atoms with Gasteiger partial charge in [0, 0.05) is 6.61 Å². The third kappa shape index (κ3) is 2.96. The van der Waals surface area contributed by atoms with E-state index in [0.717, 1.165) is 31.8 Å². The zero-order chi connectivity index (χ0) is 10.4. The first kappa shape index (κ1) is 12.0. The number of hydrogen-bond acceptors (Lipinski definition) is 2. The maximum atomic E-state index is 9.40. The van der Waals surface area contributed by atoms with Gasteiger partial charge in [0.1, 0.15) is 0 Å². The quantitative estimate of drug-likeness (QED) is 0.739. The van der Waals surface area contributed by atoms with Crippen molar-refractivity contribution in [3.8, 4) is 0 Å². The van der Waals surface area contributed by atoms with Gasteiger partial charge in [-0.2, -0.15) is 0 Å². The van der Waals surface area contributed by atoms with E-state index in [9.17, 15) is 5.11 Å². The van der Waals surface area contributed by atoms with Crippen molar-refractivity contribution >= 4 is 0 Å². The lowest BCUT2D eigenvalue weighted by molar-refractivity contribution is -0.107. The number of aliphatic hydroxyl groups is 1. The standard InChI is InChI=1S/C12H24O2/c1-3-9-14-12(10-13)7-5-11(4-2)6-8-12/h11,13H,3-10H2,1-2H3. The normalized spacial score (nSPS) is 33.2. The van der Waals surface area contributed by atoms with Crippen LogP contribution in [-0.4, -0.2) is 23.9 Å². The lowest BCUT2D eigenvalue weighted by atomic mass is 9.78. The summed E-state index contributed by atoms with van der Waals surface area (Å²) in [5.74, 6) is 0.861. The summed E-state index contributed by atoms with van der Waals surface area (Å²) in [6, 6.07) is 0. The average Bonchev–Trinajstić information content (AvgIpc) is 2.27. The van der Waals surface area contributed by atoms with E-state index in [-0.39, 0.29) is 12.2 Å². The molecule has 0 aromatic carbocycles. The molecular formula is C12H24O2. The molecule has 1 N–H and O–H groups in total. The van der Waals surface area contributed by atoms with Crippen LogP contribution in [0.5, 0.6) is 0 Å². The van der Waals surface area contributed by atoms with Crippen LogP contribution in [0, 0.1) is 5.92 Å². The van der Waals surface area contributed by atoms with E-state index in [1.165, 1.54) is 19.3 Å². The first-order valence-electron chi connectivity index (χ1n) is 6.01. The Hall–Kier alpha value is -0.0800. The topological polar surface area (TPSA) is 29.5 Å². The summed E-state index contributed by atoms with van der Waals surface area (Å²) < 4.78 is 5.81. The highest BCUT2D eigenvalue weighted by molar-refractivity contribution is 4.86. The minimum atomic E-state index is -0.193. The Balaban J connectivity index is 2.39. The summed E-state index contributed by atoms with van der Waals surface area (Å²) in [4.78, 5) is 0. The van der Waals surface area contributed by atoms with Crippen LogP contribution in [0.3, 0.4) is 0 Å². The van der Waals surface area contributed by atoms with Crippen LogP contribution in [0.4, 0.5) is 0 Å². The van der Waals surface area contributed by atoms with E-state index >= 15 is 0 Å². The van der Waals surface area contributed by atoms with Crippen molar-refractivity contribution in [1.29, 1.82) is 0 Å². The van der Waals surface area contributed by atoms with Gasteiger partial charge in [-0.25, -0.2) is 0 Å². The fourth-order valence-corrected chi connectivity index (χ4v) is 2.28. The van der Waals surface area contributed by atoms with Crippen LogP contribution in [-0.2, 0) is 4.74 Å². The van der Waals surface area contributed by atoms with Gasteiger partial charge < -0.3 is 9.84 Å². The van der Waals surface area contributed by atoms with Crippen molar-refractivity contribution in [3.05, 3.63) is 0 Å². The van der Waals surface area contributed by atoms with Gasteiger partial charge in [-0.15, -0.1) is 0 Å². The van der Waals surface area contributed by atoms with E-state index < -0.39 is 0 Å². The van der Waals surface area contributed by atoms with Gasteiger partial charge in [0.05, 0.1) is 12.2 Å². The zero-order valence-corrected chi connectivity index (χ0v) is 9.59. The fourth-order valence-electron chi connectivity index (χ4n) is 2.28. The van der Waals surface area contributed by atoms with Crippen molar-refractivity contribution in [2.24, 2.45) is 5.92 Å². The predicted molar refractivity (Wildman–Crippen MR) is 58.3 cm³/mol. The first-order valence-corrected chi connectivity index (χ1v) is 6.01. The van der Waals surface area contributed by atoms with Crippen molar-refractivity contribution in [1.82, 2.24) is 0 Å². The van der Waals surface area contributed by atoms with Gasteiger partial charge in [0.15, 0.2) is 0 Å². The van der Waals surface area contributed by atoms with Crippen LogP contribution < -0.4 is 0 Å². The molecular weight excluding hydrogens is 176 g/mol. The van der Waals surface area contributed by atoms with Crippen LogP contribution in [0.15, 0.2) is 0 Å². The summed E-state index contributed by atoms with van der Waals surface area (Å²) in [7, 11) is 0. The lowest BCUT2D eigenvalue weighted by Gasteiger charge is -2.38. The van der Waals surface area contributed by atoms with E-state index in [1.807, 2.05) is 0 Å². The summed E-state index contributed by atoms with van der Waals surface area (Å²) >= 11 is 0. The van der Waals surface area contributed by atoms with Crippen LogP contribution >= 0.6 is 0 Å². The van der Waals surface area contributed by atoms with Crippen molar-refractivity contribution < 1.29 is 9.84 Å². The molecule has 1 saturated carbocycles. The van der Waals surface area contributed by atoms with E-state index in [4.69, 9.17) is 4.74 Å². The smallest absolute Gasteiger partial charge is 0.0912 e. The highest BCUT2D eigenvalue weighted by Crippen LogP contribution is 2.35. The Morgan fingerprint density at radius 3 is 2.36 bits per heavy atom. The molecule has 0 saturated heterocycles. The van der Waals surface area contributed by atoms with Crippen molar-refractivity contribution in [3.63, 3.8) is 0 Å². The lowest BCUT2D eigenvalue weighted by Crippen LogP contribution is -2.41. The second kappa shape index (κ2) is 5.72. The molecule has 2 heteroatoms. The Kier molecular flexibility index (Phi) is 4.90. The van der Waals surface area contributed by atoms with Gasteiger partial charge in [-0.1, -0.05) is 20.3 Å². The van der Waals surface area contributed by atoms with Gasteiger partial charge in [-0.05, 0) is 38.0 Å². The summed E-state index contributed by atoms with van der Waals surface area (Å²) in [6.45, 7) is 5.35. The molecule has 0 amide bonds. The summed E-state index contributed by atoms with van der Waals surface area (Å²) in [6.07, 6.45) is 6.85. The summed E-state index contributed by atoms with van der Waals surface area (Å²) in [5, 5.41) is 9.40. The number of rotatable bonds is 5. The number of aliphatic hydroxyl groups excluding tert-OH is 1. The second-order valence-corrected chi connectivity index (χ2v) is 4.54. The van der Waals surface area contributed by atoms with Gasteiger partial charge >= 0.3 is 0 Å². The Morgan fingerprint density at radius 1 is 1.29 bits per heavy atom. The minimum Gasteiger partial charge on any atom is -0.393 e. The molecule has 0 aliphatic heterocycles.